The minimum atomic E-state index is -0.410. The Bertz CT molecular complexity index is 307. The summed E-state index contributed by atoms with van der Waals surface area (Å²) in [7, 11) is 0. The van der Waals surface area contributed by atoms with Crippen LogP contribution in [0.5, 0.6) is 0 Å². The van der Waals surface area contributed by atoms with Crippen molar-refractivity contribution in [1.29, 1.82) is 0 Å². The van der Waals surface area contributed by atoms with Crippen LogP contribution in [0.1, 0.15) is 0 Å². The summed E-state index contributed by atoms with van der Waals surface area (Å²) in [5.41, 5.74) is 0. The molecule has 0 atom stereocenters. The molecule has 0 radical (unpaired) electrons. The normalized spacial score (nSPS) is 11.1. The number of carbonyl (C=O) groups is 2. The second-order valence-corrected chi connectivity index (χ2v) is 6.26. The number of esters is 2. The first kappa shape index (κ1) is 24.0. The summed E-state index contributed by atoms with van der Waals surface area (Å²) >= 11 is 22.6. The van der Waals surface area contributed by atoms with Gasteiger partial charge >= 0.3 is 11.9 Å². The third-order valence-electron chi connectivity index (χ3n) is 2.92. The third kappa shape index (κ3) is 13.3. The Labute approximate surface area is 163 Å². The maximum atomic E-state index is 11.7. The van der Waals surface area contributed by atoms with Crippen LogP contribution in [0.3, 0.4) is 0 Å². The van der Waals surface area contributed by atoms with E-state index in [1.807, 2.05) is 0 Å². The molecular formula is C14H24Cl4N2O4. The van der Waals surface area contributed by atoms with E-state index in [9.17, 15) is 9.59 Å². The van der Waals surface area contributed by atoms with Crippen LogP contribution in [-0.4, -0.2) is 97.7 Å². The highest BCUT2D eigenvalue weighted by molar-refractivity contribution is 6.18. The molecule has 0 amide bonds. The Kier molecular flexibility index (Phi) is 16.5. The average Bonchev–Trinajstić information content (AvgIpc) is 2.52. The van der Waals surface area contributed by atoms with Gasteiger partial charge in [0.05, 0.1) is 13.1 Å². The Morgan fingerprint density at radius 1 is 0.625 bits per heavy atom. The molecule has 0 aliphatic carbocycles. The van der Waals surface area contributed by atoms with Crippen molar-refractivity contribution in [3.05, 3.63) is 0 Å². The average molecular weight is 426 g/mol. The fourth-order valence-electron chi connectivity index (χ4n) is 1.79. The van der Waals surface area contributed by atoms with Gasteiger partial charge < -0.3 is 9.47 Å². The van der Waals surface area contributed by atoms with Gasteiger partial charge in [-0.2, -0.15) is 0 Å². The molecule has 24 heavy (non-hydrogen) atoms. The molecule has 0 heterocycles. The maximum absolute atomic E-state index is 11.7. The minimum absolute atomic E-state index is 0.00513. The van der Waals surface area contributed by atoms with Crippen molar-refractivity contribution in [3.63, 3.8) is 0 Å². The lowest BCUT2D eigenvalue weighted by atomic mass is 10.4. The Morgan fingerprint density at radius 3 is 1.17 bits per heavy atom. The molecule has 0 saturated heterocycles. The molecular weight excluding hydrogens is 402 g/mol. The highest BCUT2D eigenvalue weighted by Crippen LogP contribution is 1.96. The molecule has 6 nitrogen and oxygen atoms in total. The van der Waals surface area contributed by atoms with Gasteiger partial charge in [0.1, 0.15) is 13.2 Å². The van der Waals surface area contributed by atoms with E-state index in [2.05, 4.69) is 0 Å². The summed E-state index contributed by atoms with van der Waals surface area (Å²) in [6.07, 6.45) is 0. The van der Waals surface area contributed by atoms with Crippen molar-refractivity contribution in [2.75, 3.05) is 76.0 Å². The SMILES string of the molecule is O=C(CN(CCCl)CCCl)OCCOC(=O)CN(CCCl)CCCl. The fourth-order valence-corrected chi connectivity index (χ4v) is 2.74. The molecule has 0 aromatic rings. The van der Waals surface area contributed by atoms with Crippen LogP contribution >= 0.6 is 46.4 Å². The van der Waals surface area contributed by atoms with E-state index < -0.39 is 11.9 Å². The van der Waals surface area contributed by atoms with E-state index >= 15 is 0 Å². The first-order valence-corrected chi connectivity index (χ1v) is 9.71. The molecule has 0 unspecified atom stereocenters. The molecule has 142 valence electrons. The number of alkyl halides is 4. The lowest BCUT2D eigenvalue weighted by Crippen LogP contribution is -2.35. The van der Waals surface area contributed by atoms with Crippen LogP contribution in [0, 0.1) is 0 Å². The number of rotatable bonds is 15. The molecule has 10 heteroatoms. The van der Waals surface area contributed by atoms with E-state index in [1.165, 1.54) is 0 Å². The first-order valence-electron chi connectivity index (χ1n) is 7.57. The van der Waals surface area contributed by atoms with Crippen LogP contribution in [0.25, 0.3) is 0 Å². The first-order chi connectivity index (χ1) is 11.6. The molecule has 0 rings (SSSR count). The van der Waals surface area contributed by atoms with Crippen molar-refractivity contribution in [3.8, 4) is 0 Å². The van der Waals surface area contributed by atoms with E-state index in [1.54, 1.807) is 9.80 Å². The molecule has 0 fully saturated rings. The number of ether oxygens (including phenoxy) is 2. The van der Waals surface area contributed by atoms with Gasteiger partial charge in [0.25, 0.3) is 0 Å². The van der Waals surface area contributed by atoms with Gasteiger partial charge in [0.15, 0.2) is 0 Å². The van der Waals surface area contributed by atoms with E-state index in [0.717, 1.165) is 0 Å². The van der Waals surface area contributed by atoms with Gasteiger partial charge in [0.2, 0.25) is 0 Å². The lowest BCUT2D eigenvalue weighted by Gasteiger charge is -2.19. The molecule has 0 saturated carbocycles. The largest absolute Gasteiger partial charge is 0.461 e. The summed E-state index contributed by atoms with van der Waals surface area (Å²) in [4.78, 5) is 26.9. The fraction of sp³-hybridized carbons (Fsp3) is 0.857. The number of hydrogen-bond acceptors (Lipinski definition) is 6. The highest BCUT2D eigenvalue weighted by atomic mass is 35.5. The zero-order valence-electron chi connectivity index (χ0n) is 13.5. The van der Waals surface area contributed by atoms with Gasteiger partial charge in [-0.15, -0.1) is 46.4 Å². The van der Waals surface area contributed by atoms with E-state index in [0.29, 0.717) is 49.7 Å². The molecule has 0 aromatic carbocycles. The van der Waals surface area contributed by atoms with Gasteiger partial charge in [0, 0.05) is 49.7 Å². The van der Waals surface area contributed by atoms with Crippen molar-refractivity contribution in [2.45, 2.75) is 0 Å². The quantitative estimate of drug-likeness (QED) is 0.226. The predicted molar refractivity (Wildman–Crippen MR) is 97.7 cm³/mol. The smallest absolute Gasteiger partial charge is 0.320 e. The Morgan fingerprint density at radius 2 is 0.917 bits per heavy atom. The number of nitrogens with zero attached hydrogens (tertiary/aromatic N) is 2. The van der Waals surface area contributed by atoms with Crippen LogP contribution < -0.4 is 0 Å². The van der Waals surface area contributed by atoms with Crippen molar-refractivity contribution in [1.82, 2.24) is 9.80 Å². The Balaban J connectivity index is 3.89. The Hall–Kier alpha value is 0.0200. The summed E-state index contributed by atoms with van der Waals surface area (Å²) in [5.74, 6) is 0.803. The van der Waals surface area contributed by atoms with Gasteiger partial charge in [-0.3, -0.25) is 19.4 Å². The highest BCUT2D eigenvalue weighted by Gasteiger charge is 2.13. The van der Waals surface area contributed by atoms with Crippen LogP contribution in [0.2, 0.25) is 0 Å². The molecule has 0 spiro atoms. The number of halogens is 4. The van der Waals surface area contributed by atoms with E-state index in [4.69, 9.17) is 55.9 Å². The third-order valence-corrected chi connectivity index (χ3v) is 3.59. The summed E-state index contributed by atoms with van der Waals surface area (Å²) < 4.78 is 10.0. The standard InChI is InChI=1S/C14H24Cl4N2O4/c15-1-5-19(6-2-16)11-13(21)23-9-10-24-14(22)12-20(7-3-17)8-4-18/h1-12H2. The predicted octanol–water partition coefficient (Wildman–Crippen LogP) is 1.63. The second-order valence-electron chi connectivity index (χ2n) is 4.75. The monoisotopic (exact) mass is 424 g/mol. The summed E-state index contributed by atoms with van der Waals surface area (Å²) in [6.45, 7) is 2.42. The van der Waals surface area contributed by atoms with Crippen LogP contribution in [0.4, 0.5) is 0 Å². The number of carbonyl (C=O) groups excluding carboxylic acids is 2. The maximum Gasteiger partial charge on any atom is 0.320 e. The van der Waals surface area contributed by atoms with Crippen LogP contribution in [0.15, 0.2) is 0 Å². The molecule has 0 bridgehead atoms. The lowest BCUT2D eigenvalue weighted by molar-refractivity contribution is -0.153. The van der Waals surface area contributed by atoms with Gasteiger partial charge in [-0.05, 0) is 0 Å². The molecule has 0 N–H and O–H groups in total. The summed E-state index contributed by atoms with van der Waals surface area (Å²) in [6, 6.07) is 0. The van der Waals surface area contributed by atoms with Crippen molar-refractivity contribution in [2.24, 2.45) is 0 Å². The minimum Gasteiger partial charge on any atom is -0.461 e. The molecule has 0 aromatic heterocycles. The zero-order valence-corrected chi connectivity index (χ0v) is 16.5. The second kappa shape index (κ2) is 16.5. The number of hydrogen-bond donors (Lipinski definition) is 0. The topological polar surface area (TPSA) is 59.1 Å². The van der Waals surface area contributed by atoms with Gasteiger partial charge in [-0.25, -0.2) is 0 Å². The molecule has 0 aliphatic rings. The summed E-state index contributed by atoms with van der Waals surface area (Å²) in [5, 5.41) is 0. The zero-order chi connectivity index (χ0) is 18.2. The van der Waals surface area contributed by atoms with Crippen molar-refractivity contribution < 1.29 is 19.1 Å². The van der Waals surface area contributed by atoms with E-state index in [-0.39, 0.29) is 26.3 Å². The van der Waals surface area contributed by atoms with Gasteiger partial charge in [-0.1, -0.05) is 0 Å². The molecule has 0 aliphatic heterocycles. The van der Waals surface area contributed by atoms with Crippen molar-refractivity contribution >= 4 is 58.3 Å². The van der Waals surface area contributed by atoms with Crippen LogP contribution in [-0.2, 0) is 19.1 Å².